The molecule has 1 fully saturated rings. The molecule has 0 aliphatic carbocycles. The minimum absolute atomic E-state index is 0.113. The second-order valence-electron chi connectivity index (χ2n) is 7.96. The van der Waals surface area contributed by atoms with E-state index in [9.17, 15) is 4.79 Å². The van der Waals surface area contributed by atoms with Crippen LogP contribution in [-0.2, 0) is 11.3 Å². The van der Waals surface area contributed by atoms with Gasteiger partial charge in [0.1, 0.15) is 0 Å². The molecule has 3 aromatic heterocycles. The first kappa shape index (κ1) is 21.8. The molecule has 170 valence electrons. The summed E-state index contributed by atoms with van der Waals surface area (Å²) in [6, 6.07) is 21.1. The predicted molar refractivity (Wildman–Crippen MR) is 132 cm³/mol. The lowest BCUT2D eigenvalue weighted by atomic mass is 10.0. The van der Waals surface area contributed by atoms with Crippen molar-refractivity contribution in [3.63, 3.8) is 0 Å². The number of pyridine rings is 2. The summed E-state index contributed by atoms with van der Waals surface area (Å²) < 4.78 is 6.95. The number of nitrogens with one attached hydrogen (secondary N) is 1. The maximum Gasteiger partial charge on any atom is 0.337 e. The summed E-state index contributed by atoms with van der Waals surface area (Å²) in [5, 5.41) is 4.15. The Hall–Kier alpha value is -4.04. The molecule has 4 aromatic rings. The van der Waals surface area contributed by atoms with Crippen LogP contribution in [0.5, 0.6) is 0 Å². The molecule has 4 heterocycles. The van der Waals surface area contributed by atoms with Crippen molar-refractivity contribution in [2.45, 2.75) is 18.6 Å². The van der Waals surface area contributed by atoms with Crippen molar-refractivity contribution < 1.29 is 9.53 Å². The van der Waals surface area contributed by atoms with Crippen LogP contribution in [0.2, 0.25) is 0 Å². The molecule has 0 spiro atoms. The summed E-state index contributed by atoms with van der Waals surface area (Å²) >= 11 is 5.79. The zero-order chi connectivity index (χ0) is 23.5. The van der Waals surface area contributed by atoms with Gasteiger partial charge in [-0.05, 0) is 72.4 Å². The van der Waals surface area contributed by atoms with E-state index >= 15 is 0 Å². The number of aromatic nitrogens is 3. The molecule has 1 N–H and O–H groups in total. The van der Waals surface area contributed by atoms with Crippen LogP contribution in [0.25, 0.3) is 5.69 Å². The van der Waals surface area contributed by atoms with Crippen molar-refractivity contribution >= 4 is 23.3 Å². The van der Waals surface area contributed by atoms with E-state index in [-0.39, 0.29) is 18.1 Å². The second kappa shape index (κ2) is 9.44. The van der Waals surface area contributed by atoms with E-state index < -0.39 is 0 Å². The molecule has 0 amide bonds. The molecule has 0 saturated carbocycles. The van der Waals surface area contributed by atoms with Gasteiger partial charge in [0.05, 0.1) is 30.5 Å². The Morgan fingerprint density at radius 1 is 1.06 bits per heavy atom. The van der Waals surface area contributed by atoms with Gasteiger partial charge in [0.25, 0.3) is 0 Å². The van der Waals surface area contributed by atoms with Crippen LogP contribution in [-0.4, -0.2) is 37.6 Å². The van der Waals surface area contributed by atoms with Crippen LogP contribution in [0, 0.1) is 0 Å². The van der Waals surface area contributed by atoms with E-state index in [1.54, 1.807) is 24.5 Å². The normalized spacial score (nSPS) is 17.4. The second-order valence-corrected chi connectivity index (χ2v) is 8.34. The quantitative estimate of drug-likeness (QED) is 0.335. The van der Waals surface area contributed by atoms with Crippen molar-refractivity contribution in [2.75, 3.05) is 7.11 Å². The van der Waals surface area contributed by atoms with Crippen LogP contribution in [0.3, 0.4) is 0 Å². The fraction of sp³-hybridized carbons (Fsp3) is 0.154. The molecule has 1 aliphatic heterocycles. The van der Waals surface area contributed by atoms with E-state index in [1.807, 2.05) is 60.9 Å². The first-order valence-electron chi connectivity index (χ1n) is 10.9. The monoisotopic (exact) mass is 469 g/mol. The molecule has 34 heavy (non-hydrogen) atoms. The Balaban J connectivity index is 1.56. The zero-order valence-electron chi connectivity index (χ0n) is 18.5. The largest absolute Gasteiger partial charge is 0.465 e. The van der Waals surface area contributed by atoms with Gasteiger partial charge in [0.15, 0.2) is 5.11 Å². The third-order valence-electron chi connectivity index (χ3n) is 5.92. The number of thiocarbonyl (C=S) groups is 1. The summed E-state index contributed by atoms with van der Waals surface area (Å²) in [6.07, 6.45) is 7.44. The van der Waals surface area contributed by atoms with Crippen molar-refractivity contribution in [1.29, 1.82) is 0 Å². The highest BCUT2D eigenvalue weighted by atomic mass is 32.1. The van der Waals surface area contributed by atoms with Crippen LogP contribution in [0.1, 0.15) is 39.4 Å². The van der Waals surface area contributed by atoms with E-state index in [2.05, 4.69) is 30.8 Å². The number of ether oxygens (including phenoxy) is 1. The number of hydrogen-bond donors (Lipinski definition) is 1. The van der Waals surface area contributed by atoms with Gasteiger partial charge in [-0.3, -0.25) is 9.97 Å². The van der Waals surface area contributed by atoms with Crippen molar-refractivity contribution in [3.05, 3.63) is 114 Å². The highest BCUT2D eigenvalue weighted by molar-refractivity contribution is 7.80. The minimum Gasteiger partial charge on any atom is -0.465 e. The number of carbonyl (C=O) groups is 1. The van der Waals surface area contributed by atoms with E-state index in [0.717, 1.165) is 22.6 Å². The van der Waals surface area contributed by atoms with E-state index in [1.165, 1.54) is 7.11 Å². The smallest absolute Gasteiger partial charge is 0.337 e. The molecular formula is C26H23N5O2S. The average molecular weight is 470 g/mol. The summed E-state index contributed by atoms with van der Waals surface area (Å²) in [4.78, 5) is 22.9. The van der Waals surface area contributed by atoms with Crippen LogP contribution < -0.4 is 5.32 Å². The number of rotatable bonds is 6. The molecule has 2 atom stereocenters. The lowest BCUT2D eigenvalue weighted by Gasteiger charge is -2.29. The maximum atomic E-state index is 11.9. The third kappa shape index (κ3) is 4.15. The summed E-state index contributed by atoms with van der Waals surface area (Å²) in [5.41, 5.74) is 4.48. The lowest BCUT2D eigenvalue weighted by molar-refractivity contribution is 0.0600. The Labute approximate surface area is 203 Å². The average Bonchev–Trinajstić information content (AvgIpc) is 3.49. The summed E-state index contributed by atoms with van der Waals surface area (Å²) in [6.45, 7) is 0.611. The molecular weight excluding hydrogens is 446 g/mol. The molecule has 0 unspecified atom stereocenters. The van der Waals surface area contributed by atoms with Gasteiger partial charge in [0, 0.05) is 42.7 Å². The topological polar surface area (TPSA) is 72.3 Å². The summed E-state index contributed by atoms with van der Waals surface area (Å²) in [5.74, 6) is -0.359. The van der Waals surface area contributed by atoms with Crippen LogP contribution in [0.4, 0.5) is 0 Å². The fourth-order valence-electron chi connectivity index (χ4n) is 4.33. The van der Waals surface area contributed by atoms with Crippen molar-refractivity contribution in [1.82, 2.24) is 24.8 Å². The van der Waals surface area contributed by atoms with Gasteiger partial charge in [0.2, 0.25) is 0 Å². The molecule has 1 aromatic carbocycles. The maximum absolute atomic E-state index is 11.9. The van der Waals surface area contributed by atoms with Crippen LogP contribution >= 0.6 is 12.2 Å². The number of nitrogens with zero attached hydrogens (tertiary/aromatic N) is 4. The lowest BCUT2D eigenvalue weighted by Crippen LogP contribution is -2.30. The van der Waals surface area contributed by atoms with Crippen molar-refractivity contribution in [2.24, 2.45) is 0 Å². The molecule has 8 heteroatoms. The van der Waals surface area contributed by atoms with Gasteiger partial charge in [-0.25, -0.2) is 4.79 Å². The number of hydrogen-bond acceptors (Lipinski definition) is 5. The Kier molecular flexibility index (Phi) is 6.05. The minimum atomic E-state index is -0.359. The number of esters is 1. The fourth-order valence-corrected chi connectivity index (χ4v) is 4.64. The van der Waals surface area contributed by atoms with Gasteiger partial charge in [-0.1, -0.05) is 12.1 Å². The first-order chi connectivity index (χ1) is 16.7. The highest BCUT2D eigenvalue weighted by Crippen LogP contribution is 2.40. The summed E-state index contributed by atoms with van der Waals surface area (Å²) in [7, 11) is 1.38. The third-order valence-corrected chi connectivity index (χ3v) is 6.28. The van der Waals surface area contributed by atoms with Crippen LogP contribution in [0.15, 0.2) is 91.5 Å². The molecule has 1 saturated heterocycles. The van der Waals surface area contributed by atoms with E-state index in [0.29, 0.717) is 17.2 Å². The molecule has 7 nitrogen and oxygen atoms in total. The predicted octanol–water partition coefficient (Wildman–Crippen LogP) is 4.23. The van der Waals surface area contributed by atoms with Gasteiger partial charge in [-0.2, -0.15) is 0 Å². The number of carbonyl (C=O) groups excluding carboxylic acids is 1. The molecule has 1 aliphatic rings. The first-order valence-corrected chi connectivity index (χ1v) is 11.3. The van der Waals surface area contributed by atoms with Gasteiger partial charge in [-0.15, -0.1) is 0 Å². The Morgan fingerprint density at radius 3 is 2.62 bits per heavy atom. The van der Waals surface area contributed by atoms with E-state index in [4.69, 9.17) is 17.0 Å². The highest BCUT2D eigenvalue weighted by Gasteiger charge is 2.41. The zero-order valence-corrected chi connectivity index (χ0v) is 19.4. The van der Waals surface area contributed by atoms with Crippen molar-refractivity contribution in [3.8, 4) is 5.69 Å². The number of benzene rings is 1. The van der Waals surface area contributed by atoms with Gasteiger partial charge < -0.3 is 19.5 Å². The van der Waals surface area contributed by atoms with Gasteiger partial charge >= 0.3 is 5.97 Å². The Morgan fingerprint density at radius 2 is 1.91 bits per heavy atom. The molecule has 0 bridgehead atoms. The number of methoxy groups -OCH3 is 1. The Bertz CT molecular complexity index is 1290. The molecule has 5 rings (SSSR count). The standard InChI is InChI=1S/C26H23N5O2S/c1-33-25(32)19-9-11-20(12-10-19)30-15-5-8-22(30)24-23(21-7-2-3-14-28-21)29-26(34)31(24)17-18-6-4-13-27-16-18/h2-16,23-24H,17H2,1H3,(H,29,34)/t23-,24+/m1/s1. The molecule has 0 radical (unpaired) electrons. The SMILES string of the molecule is COC(=O)c1ccc(-n2cccc2[C@H]2[C@@H](c3ccccn3)NC(=S)N2Cc2cccnc2)cc1.